The number of hydrogen-bond donors (Lipinski definition) is 2. The van der Waals surface area contributed by atoms with Gasteiger partial charge in [-0.3, -0.25) is 9.59 Å². The Morgan fingerprint density at radius 1 is 1.06 bits per heavy atom. The fraction of sp³-hybridized carbons (Fsp3) is 0.630. The van der Waals surface area contributed by atoms with Crippen LogP contribution in [0.15, 0.2) is 34.1 Å². The van der Waals surface area contributed by atoms with Crippen molar-refractivity contribution >= 4 is 26.8 Å². The van der Waals surface area contributed by atoms with Crippen molar-refractivity contribution in [3.63, 3.8) is 0 Å². The number of sulfonamides is 1. The molecule has 3 rings (SSSR count). The lowest BCUT2D eigenvalue weighted by Gasteiger charge is -2.30. The molecule has 0 atom stereocenters. The number of unbranched alkanes of at least 4 members (excludes halogenated alkanes) is 2. The first-order valence-electron chi connectivity index (χ1n) is 13.4. The summed E-state index contributed by atoms with van der Waals surface area (Å²) in [6, 6.07) is 4.49. The van der Waals surface area contributed by atoms with Crippen LogP contribution < -0.4 is 10.7 Å². The maximum atomic E-state index is 13.3. The Kier molecular flexibility index (Phi) is 10.5. The Hall–Kier alpha value is -2.23. The molecule has 1 fully saturated rings. The number of H-pyrrole nitrogens is 1. The Labute approximate surface area is 215 Å². The molecular formula is C27H42N4O4S. The summed E-state index contributed by atoms with van der Waals surface area (Å²) in [7, 11) is -2.13. The van der Waals surface area contributed by atoms with Crippen molar-refractivity contribution in [3.8, 4) is 0 Å². The minimum absolute atomic E-state index is 0.00801. The molecule has 1 aliphatic carbocycles. The standard InChI is InChI=1S/C27H42N4O4S/c1-4-6-16-31(17-7-5-2)18-15-28-27(33)24-20-29-25-14-13-22(19-23(25)26(24)32)36(34,35)30(3)21-11-9-8-10-12-21/h13-14,19-21H,4-12,15-18H2,1-3H3,(H,28,33)(H,29,32). The SMILES string of the molecule is CCCCN(CCCC)CCNC(=O)c1c[nH]c2ccc(S(=O)(=O)N(C)C3CCCCC3)cc2c1=O. The Balaban J connectivity index is 1.75. The number of rotatable bonds is 13. The predicted octanol–water partition coefficient (Wildman–Crippen LogP) is 4.11. The first-order chi connectivity index (χ1) is 17.3. The van der Waals surface area contributed by atoms with Crippen LogP contribution in [-0.2, 0) is 10.0 Å². The van der Waals surface area contributed by atoms with E-state index in [0.717, 1.165) is 77.4 Å². The van der Waals surface area contributed by atoms with Gasteiger partial charge >= 0.3 is 0 Å². The molecule has 36 heavy (non-hydrogen) atoms. The lowest BCUT2D eigenvalue weighted by molar-refractivity contribution is 0.0946. The van der Waals surface area contributed by atoms with Gasteiger partial charge in [-0.2, -0.15) is 4.31 Å². The normalized spacial score (nSPS) is 15.1. The monoisotopic (exact) mass is 518 g/mol. The second-order valence-corrected chi connectivity index (χ2v) is 11.9. The summed E-state index contributed by atoms with van der Waals surface area (Å²) in [4.78, 5) is 31.5. The van der Waals surface area contributed by atoms with Crippen LogP contribution in [0.2, 0.25) is 0 Å². The van der Waals surface area contributed by atoms with Crippen LogP contribution >= 0.6 is 0 Å². The molecule has 1 aromatic heterocycles. The lowest BCUT2D eigenvalue weighted by atomic mass is 9.96. The van der Waals surface area contributed by atoms with Gasteiger partial charge in [-0.25, -0.2) is 8.42 Å². The third kappa shape index (κ3) is 6.95. The highest BCUT2D eigenvalue weighted by Crippen LogP contribution is 2.27. The molecule has 0 spiro atoms. The Morgan fingerprint density at radius 2 is 1.72 bits per heavy atom. The largest absolute Gasteiger partial charge is 0.360 e. The van der Waals surface area contributed by atoms with Gasteiger partial charge in [-0.1, -0.05) is 46.0 Å². The average molecular weight is 519 g/mol. The number of nitrogens with zero attached hydrogens (tertiary/aromatic N) is 2. The first kappa shape index (κ1) is 28.3. The van der Waals surface area contributed by atoms with Gasteiger partial charge in [0.1, 0.15) is 5.56 Å². The summed E-state index contributed by atoms with van der Waals surface area (Å²) in [5.74, 6) is -0.448. The zero-order chi connectivity index (χ0) is 26.1. The summed E-state index contributed by atoms with van der Waals surface area (Å²) >= 11 is 0. The maximum absolute atomic E-state index is 13.3. The van der Waals surface area contributed by atoms with Gasteiger partial charge < -0.3 is 15.2 Å². The summed E-state index contributed by atoms with van der Waals surface area (Å²) in [6.07, 6.45) is 10.8. The fourth-order valence-corrected chi connectivity index (χ4v) is 6.30. The molecule has 0 radical (unpaired) electrons. The molecule has 8 nitrogen and oxygen atoms in total. The smallest absolute Gasteiger partial charge is 0.256 e. The number of amides is 1. The Morgan fingerprint density at radius 3 is 2.36 bits per heavy atom. The van der Waals surface area contributed by atoms with Gasteiger partial charge in [-0.05, 0) is 57.0 Å². The number of hydrogen-bond acceptors (Lipinski definition) is 5. The zero-order valence-corrected chi connectivity index (χ0v) is 22.8. The topological polar surface area (TPSA) is 103 Å². The summed E-state index contributed by atoms with van der Waals surface area (Å²) in [6.45, 7) is 7.50. The van der Waals surface area contributed by atoms with Crippen molar-refractivity contribution in [1.29, 1.82) is 0 Å². The van der Waals surface area contributed by atoms with Crippen LogP contribution in [0.3, 0.4) is 0 Å². The van der Waals surface area contributed by atoms with E-state index in [2.05, 4.69) is 29.0 Å². The maximum Gasteiger partial charge on any atom is 0.256 e. The van der Waals surface area contributed by atoms with Crippen LogP contribution in [0.4, 0.5) is 0 Å². The van der Waals surface area contributed by atoms with E-state index in [4.69, 9.17) is 0 Å². The number of carbonyl (C=O) groups is 1. The highest BCUT2D eigenvalue weighted by molar-refractivity contribution is 7.89. The van der Waals surface area contributed by atoms with E-state index in [1.54, 1.807) is 13.1 Å². The molecule has 1 aliphatic rings. The van der Waals surface area contributed by atoms with Crippen LogP contribution in [-0.4, -0.2) is 67.8 Å². The molecule has 1 heterocycles. The van der Waals surface area contributed by atoms with Crippen LogP contribution in [0.5, 0.6) is 0 Å². The molecule has 1 saturated carbocycles. The number of pyridine rings is 1. The van der Waals surface area contributed by atoms with Crippen LogP contribution in [0.25, 0.3) is 10.9 Å². The minimum Gasteiger partial charge on any atom is -0.360 e. The van der Waals surface area contributed by atoms with Gasteiger partial charge in [0.05, 0.1) is 4.90 Å². The molecule has 200 valence electrons. The van der Waals surface area contributed by atoms with Gasteiger partial charge in [0.2, 0.25) is 15.5 Å². The minimum atomic E-state index is -3.74. The number of aromatic nitrogens is 1. The average Bonchev–Trinajstić information content (AvgIpc) is 2.89. The molecule has 2 N–H and O–H groups in total. The number of aromatic amines is 1. The number of benzene rings is 1. The van der Waals surface area contributed by atoms with Crippen molar-refractivity contribution in [2.75, 3.05) is 33.2 Å². The molecular weight excluding hydrogens is 476 g/mol. The van der Waals surface area contributed by atoms with E-state index in [9.17, 15) is 18.0 Å². The summed E-state index contributed by atoms with van der Waals surface area (Å²) in [5, 5.41) is 3.07. The lowest BCUT2D eigenvalue weighted by Crippen LogP contribution is -2.38. The molecule has 1 aromatic carbocycles. The third-order valence-electron chi connectivity index (χ3n) is 7.23. The second kappa shape index (κ2) is 13.4. The molecule has 0 aliphatic heterocycles. The fourth-order valence-electron chi connectivity index (χ4n) is 4.86. The Bertz CT molecular complexity index is 1160. The molecule has 0 unspecified atom stereocenters. The first-order valence-corrected chi connectivity index (χ1v) is 14.9. The van der Waals surface area contributed by atoms with Gasteiger partial charge in [0.25, 0.3) is 5.91 Å². The summed E-state index contributed by atoms with van der Waals surface area (Å²) < 4.78 is 28.0. The molecule has 1 amide bonds. The predicted molar refractivity (Wildman–Crippen MR) is 145 cm³/mol. The highest BCUT2D eigenvalue weighted by Gasteiger charge is 2.29. The molecule has 0 saturated heterocycles. The van der Waals surface area contributed by atoms with E-state index >= 15 is 0 Å². The van der Waals surface area contributed by atoms with E-state index in [-0.39, 0.29) is 21.9 Å². The number of carbonyl (C=O) groups excluding carboxylic acids is 1. The van der Waals surface area contributed by atoms with Crippen molar-refractivity contribution in [1.82, 2.24) is 19.5 Å². The zero-order valence-electron chi connectivity index (χ0n) is 22.0. The van der Waals surface area contributed by atoms with Crippen molar-refractivity contribution in [2.45, 2.75) is 82.6 Å². The van der Waals surface area contributed by atoms with E-state index in [1.807, 2.05) is 0 Å². The quantitative estimate of drug-likeness (QED) is 0.415. The van der Waals surface area contributed by atoms with E-state index < -0.39 is 21.4 Å². The van der Waals surface area contributed by atoms with Gasteiger partial charge in [0.15, 0.2) is 0 Å². The van der Waals surface area contributed by atoms with Crippen molar-refractivity contribution in [2.24, 2.45) is 0 Å². The van der Waals surface area contributed by atoms with E-state index in [1.165, 1.54) is 22.6 Å². The van der Waals surface area contributed by atoms with Crippen LogP contribution in [0, 0.1) is 0 Å². The molecule has 2 aromatic rings. The molecule has 9 heteroatoms. The third-order valence-corrected chi connectivity index (χ3v) is 9.14. The number of nitrogens with one attached hydrogen (secondary N) is 2. The van der Waals surface area contributed by atoms with Crippen molar-refractivity contribution < 1.29 is 13.2 Å². The van der Waals surface area contributed by atoms with Gasteiger partial charge in [-0.15, -0.1) is 0 Å². The van der Waals surface area contributed by atoms with Crippen LogP contribution in [0.1, 0.15) is 82.0 Å². The van der Waals surface area contributed by atoms with Gasteiger partial charge in [0, 0.05) is 43.3 Å². The van der Waals surface area contributed by atoms with E-state index in [0.29, 0.717) is 12.1 Å². The summed E-state index contributed by atoms with van der Waals surface area (Å²) in [5.41, 5.74) is 0.0277. The number of fused-ring (bicyclic) bond motifs is 1. The molecule has 0 bridgehead atoms. The highest BCUT2D eigenvalue weighted by atomic mass is 32.2. The van der Waals surface area contributed by atoms with Crippen molar-refractivity contribution in [3.05, 3.63) is 40.2 Å². The second-order valence-electron chi connectivity index (χ2n) is 9.86.